The van der Waals surface area contributed by atoms with Crippen molar-refractivity contribution in [1.82, 2.24) is 0 Å². The van der Waals surface area contributed by atoms with Crippen molar-refractivity contribution in [3.63, 3.8) is 0 Å². The number of carbonyl (C=O) groups excluding carboxylic acids is 1. The lowest BCUT2D eigenvalue weighted by molar-refractivity contribution is -0.114. The van der Waals surface area contributed by atoms with E-state index in [0.717, 1.165) is 12.1 Å². The Morgan fingerprint density at radius 1 is 1.19 bits per heavy atom. The van der Waals surface area contributed by atoms with Crippen molar-refractivity contribution in [1.29, 1.82) is 0 Å². The molecule has 2 aromatic rings. The number of hydrogen-bond donors (Lipinski definition) is 3. The second-order valence-corrected chi connectivity index (χ2v) is 6.28. The van der Waals surface area contributed by atoms with E-state index in [0.29, 0.717) is 0 Å². The first kappa shape index (κ1) is 20.2. The minimum Gasteiger partial charge on any atom is -0.451 e. The van der Waals surface area contributed by atoms with Gasteiger partial charge in [0.15, 0.2) is 34.4 Å². The molecule has 1 amide bonds. The number of rotatable bonds is 5. The van der Waals surface area contributed by atoms with Gasteiger partial charge in [-0.25, -0.2) is 13.0 Å². The number of halogens is 2. The predicted molar refractivity (Wildman–Crippen MR) is 96.4 cm³/mol. The molecule has 142 valence electrons. The van der Waals surface area contributed by atoms with E-state index in [1.165, 1.54) is 37.3 Å². The molecule has 0 aliphatic heterocycles. The number of amides is 1. The first-order valence-corrected chi connectivity index (χ1v) is 8.48. The van der Waals surface area contributed by atoms with Crippen molar-refractivity contribution in [2.45, 2.75) is 11.8 Å². The molecule has 0 saturated heterocycles. The van der Waals surface area contributed by atoms with Gasteiger partial charge in [-0.15, -0.1) is 0 Å². The summed E-state index contributed by atoms with van der Waals surface area (Å²) >= 11 is -2.17. The highest BCUT2D eigenvalue weighted by molar-refractivity contribution is 7.79. The van der Waals surface area contributed by atoms with Crippen LogP contribution in [0.5, 0.6) is 11.5 Å². The highest BCUT2D eigenvalue weighted by atomic mass is 32.2. The summed E-state index contributed by atoms with van der Waals surface area (Å²) < 4.78 is 53.5. The number of carbonyl (C=O) groups is 1. The van der Waals surface area contributed by atoms with Gasteiger partial charge in [0.25, 0.3) is 5.91 Å². The van der Waals surface area contributed by atoms with Crippen LogP contribution in [0.25, 0.3) is 6.08 Å². The van der Waals surface area contributed by atoms with Gasteiger partial charge < -0.3 is 20.8 Å². The third-order valence-corrected chi connectivity index (χ3v) is 3.89. The molecule has 0 aliphatic rings. The van der Waals surface area contributed by atoms with Crippen LogP contribution in [0.3, 0.4) is 0 Å². The molecule has 0 fully saturated rings. The molecule has 0 aromatic heterocycles. The number of ether oxygens (including phenoxy) is 1. The molecule has 2 rings (SSSR count). The molecule has 1 atom stereocenters. The van der Waals surface area contributed by atoms with Gasteiger partial charge in [-0.3, -0.25) is 4.79 Å². The van der Waals surface area contributed by atoms with Crippen LogP contribution < -0.4 is 16.2 Å². The Bertz CT molecular complexity index is 932. The Morgan fingerprint density at radius 3 is 2.22 bits per heavy atom. The summed E-state index contributed by atoms with van der Waals surface area (Å²) in [5, 5.41) is 0. The Hall–Kier alpha value is -3.11. The molecular formula is C17H15F2N3O4S. The molecule has 2 aromatic carbocycles. The van der Waals surface area contributed by atoms with Gasteiger partial charge in [-0.05, 0) is 55.0 Å². The predicted octanol–water partition coefficient (Wildman–Crippen LogP) is 2.54. The average molecular weight is 395 g/mol. The minimum absolute atomic E-state index is 0.0695. The lowest BCUT2D eigenvalue weighted by atomic mass is 10.1. The second-order valence-electron chi connectivity index (χ2n) is 5.31. The van der Waals surface area contributed by atoms with E-state index in [1.54, 1.807) is 0 Å². The number of guanidine groups is 1. The number of nitrogens with zero attached hydrogens (tertiary/aromatic N) is 1. The molecule has 0 bridgehead atoms. The van der Waals surface area contributed by atoms with Crippen molar-refractivity contribution in [3.05, 3.63) is 59.2 Å². The van der Waals surface area contributed by atoms with Crippen LogP contribution >= 0.6 is 0 Å². The van der Waals surface area contributed by atoms with Crippen molar-refractivity contribution >= 4 is 29.0 Å². The number of aliphatic imine (C=N–C) groups is 1. The number of benzene rings is 2. The third-order valence-electron chi connectivity index (χ3n) is 3.22. The average Bonchev–Trinajstić information content (AvgIpc) is 2.58. The first-order valence-electron chi connectivity index (χ1n) is 7.37. The Morgan fingerprint density at radius 2 is 1.74 bits per heavy atom. The molecule has 10 heteroatoms. The monoisotopic (exact) mass is 395 g/mol. The van der Waals surface area contributed by atoms with E-state index in [1.807, 2.05) is 0 Å². The summed E-state index contributed by atoms with van der Waals surface area (Å²) in [5.74, 6) is -3.75. The second kappa shape index (κ2) is 8.52. The molecule has 1 unspecified atom stereocenters. The van der Waals surface area contributed by atoms with E-state index >= 15 is 0 Å². The van der Waals surface area contributed by atoms with Crippen molar-refractivity contribution in [3.8, 4) is 11.5 Å². The molecule has 7 nitrogen and oxygen atoms in total. The van der Waals surface area contributed by atoms with Crippen molar-refractivity contribution in [2.24, 2.45) is 16.5 Å². The topological polar surface area (TPSA) is 128 Å². The van der Waals surface area contributed by atoms with E-state index in [2.05, 4.69) is 4.99 Å². The van der Waals surface area contributed by atoms with E-state index in [4.69, 9.17) is 20.8 Å². The zero-order valence-corrected chi connectivity index (χ0v) is 14.8. The first-order chi connectivity index (χ1) is 12.7. The smallest absolute Gasteiger partial charge is 0.275 e. The van der Waals surface area contributed by atoms with Gasteiger partial charge in [-0.2, -0.15) is 4.99 Å². The zero-order chi connectivity index (χ0) is 20.1. The van der Waals surface area contributed by atoms with Crippen molar-refractivity contribution < 1.29 is 27.1 Å². The molecule has 0 aliphatic carbocycles. The minimum atomic E-state index is -2.17. The summed E-state index contributed by atoms with van der Waals surface area (Å²) in [5.41, 5.74) is 10.4. The Labute approximate surface area is 155 Å². The van der Waals surface area contributed by atoms with Crippen LogP contribution in [0.4, 0.5) is 8.78 Å². The zero-order valence-electron chi connectivity index (χ0n) is 14.0. The maximum absolute atomic E-state index is 14.2. The van der Waals surface area contributed by atoms with Gasteiger partial charge in [0.2, 0.25) is 0 Å². The van der Waals surface area contributed by atoms with Gasteiger partial charge in [0, 0.05) is 5.57 Å². The lowest BCUT2D eigenvalue weighted by Crippen LogP contribution is -2.24. The van der Waals surface area contributed by atoms with Gasteiger partial charge in [0.1, 0.15) is 5.75 Å². The molecule has 0 radical (unpaired) electrons. The van der Waals surface area contributed by atoms with Crippen LogP contribution in [0, 0.1) is 11.6 Å². The van der Waals surface area contributed by atoms with E-state index < -0.39 is 40.3 Å². The van der Waals surface area contributed by atoms with Crippen molar-refractivity contribution in [2.75, 3.05) is 0 Å². The number of nitrogens with two attached hydrogens (primary N) is 2. The summed E-state index contributed by atoms with van der Waals surface area (Å²) in [7, 11) is 0. The maximum Gasteiger partial charge on any atom is 0.275 e. The fourth-order valence-electron chi connectivity index (χ4n) is 2.02. The summed E-state index contributed by atoms with van der Waals surface area (Å²) in [6, 6.07) is 7.13. The SMILES string of the molecule is C/C(=C\c1cc(F)c(Oc2ccc(S(=O)O)cc2)c(F)c1)C(=O)N=C(N)N. The normalized spacial score (nSPS) is 12.4. The standard InChI is InChI=1S/C17H15F2N3O4S/c1-9(16(23)22-17(20)21)6-10-7-13(18)15(14(19)8-10)26-11-2-4-12(5-3-11)27(24)25/h2-8H,1H3,(H,24,25)(H4,20,21,22,23)/b9-6+. The Kier molecular flexibility index (Phi) is 6.37. The van der Waals surface area contributed by atoms with Crippen LogP contribution in [0.2, 0.25) is 0 Å². The third kappa shape index (κ3) is 5.43. The van der Waals surface area contributed by atoms with Crippen LogP contribution in [-0.2, 0) is 15.9 Å². The van der Waals surface area contributed by atoms with Gasteiger partial charge >= 0.3 is 0 Å². The fraction of sp³-hybridized carbons (Fsp3) is 0.0588. The molecule has 0 heterocycles. The molecule has 5 N–H and O–H groups in total. The highest BCUT2D eigenvalue weighted by Gasteiger charge is 2.14. The largest absolute Gasteiger partial charge is 0.451 e. The molecular weight excluding hydrogens is 380 g/mol. The van der Waals surface area contributed by atoms with Crippen LogP contribution in [0.1, 0.15) is 12.5 Å². The number of hydrogen-bond acceptors (Lipinski definition) is 3. The summed E-state index contributed by atoms with van der Waals surface area (Å²) in [4.78, 5) is 15.1. The lowest BCUT2D eigenvalue weighted by Gasteiger charge is -2.09. The highest BCUT2D eigenvalue weighted by Crippen LogP contribution is 2.29. The molecule has 0 saturated carbocycles. The van der Waals surface area contributed by atoms with E-state index in [-0.39, 0.29) is 21.8 Å². The van der Waals surface area contributed by atoms with Crippen LogP contribution in [0.15, 0.2) is 51.9 Å². The van der Waals surface area contributed by atoms with E-state index in [9.17, 15) is 17.8 Å². The summed E-state index contributed by atoms with van der Waals surface area (Å²) in [6.45, 7) is 1.39. The summed E-state index contributed by atoms with van der Waals surface area (Å²) in [6.07, 6.45) is 1.22. The van der Waals surface area contributed by atoms with Gasteiger partial charge in [-0.1, -0.05) is 0 Å². The Balaban J connectivity index is 2.27. The fourth-order valence-corrected chi connectivity index (χ4v) is 2.39. The molecule has 27 heavy (non-hydrogen) atoms. The maximum atomic E-state index is 14.2. The van der Waals surface area contributed by atoms with Gasteiger partial charge in [0.05, 0.1) is 4.90 Å². The molecule has 0 spiro atoms. The quantitative estimate of drug-likeness (QED) is 0.309. The van der Waals surface area contributed by atoms with Crippen LogP contribution in [-0.4, -0.2) is 20.6 Å².